The summed E-state index contributed by atoms with van der Waals surface area (Å²) in [6.45, 7) is 0.689. The van der Waals surface area contributed by atoms with E-state index in [2.05, 4.69) is 12.1 Å². The molecule has 0 amide bonds. The maximum absolute atomic E-state index is 5.74. The first-order valence-corrected chi connectivity index (χ1v) is 6.73. The van der Waals surface area contributed by atoms with Gasteiger partial charge in [0, 0.05) is 18.9 Å². The minimum Gasteiger partial charge on any atom is -0.497 e. The molecule has 2 aliphatic rings. The average Bonchev–Trinajstić information content (AvgIpc) is 2.94. The normalized spacial score (nSPS) is 28.5. The summed E-state index contributed by atoms with van der Waals surface area (Å²) in [5, 5.41) is 0. The first kappa shape index (κ1) is 12.0. The molecule has 1 saturated carbocycles. The van der Waals surface area contributed by atoms with Crippen LogP contribution in [0.5, 0.6) is 5.75 Å². The first-order chi connectivity index (χ1) is 8.80. The van der Waals surface area contributed by atoms with Crippen molar-refractivity contribution in [2.24, 2.45) is 5.73 Å². The highest BCUT2D eigenvalue weighted by molar-refractivity contribution is 5.52. The van der Waals surface area contributed by atoms with Crippen molar-refractivity contribution >= 4 is 0 Å². The summed E-state index contributed by atoms with van der Waals surface area (Å²) in [6, 6.07) is 4.35. The molecule has 0 radical (unpaired) electrons. The van der Waals surface area contributed by atoms with Gasteiger partial charge < -0.3 is 15.2 Å². The lowest BCUT2D eigenvalue weighted by atomic mass is 9.87. The van der Waals surface area contributed by atoms with E-state index in [4.69, 9.17) is 15.2 Å². The Labute approximate surface area is 108 Å². The minimum atomic E-state index is 0.364. The van der Waals surface area contributed by atoms with Gasteiger partial charge >= 0.3 is 0 Å². The van der Waals surface area contributed by atoms with Crippen molar-refractivity contribution in [2.45, 2.75) is 37.2 Å². The lowest BCUT2D eigenvalue weighted by Gasteiger charge is -2.19. The molecule has 3 rings (SSSR count). The molecule has 0 heterocycles. The lowest BCUT2D eigenvalue weighted by Crippen LogP contribution is -2.13. The molecule has 3 unspecified atom stereocenters. The molecular weight excluding hydrogens is 226 g/mol. The third-order valence-corrected chi connectivity index (χ3v) is 4.54. The standard InChI is InChI=1S/C15H21NO2/c1-17-10-7-9(5-6-16)14-12-4-3-11(13(14)8-10)15(12)18-2/h7-8,11-12,15H,3-6,16H2,1-2H3. The zero-order valence-electron chi connectivity index (χ0n) is 11.1. The van der Waals surface area contributed by atoms with Gasteiger partial charge in [0.2, 0.25) is 0 Å². The van der Waals surface area contributed by atoms with Crippen molar-refractivity contribution in [3.05, 3.63) is 28.8 Å². The fraction of sp³-hybridized carbons (Fsp3) is 0.600. The van der Waals surface area contributed by atoms with Crippen molar-refractivity contribution in [3.63, 3.8) is 0 Å². The number of hydrogen-bond acceptors (Lipinski definition) is 3. The van der Waals surface area contributed by atoms with E-state index in [1.54, 1.807) is 7.11 Å². The highest BCUT2D eigenvalue weighted by Gasteiger charge is 2.47. The van der Waals surface area contributed by atoms with Gasteiger partial charge in [-0.15, -0.1) is 0 Å². The van der Waals surface area contributed by atoms with E-state index in [0.29, 0.717) is 24.5 Å². The maximum atomic E-state index is 5.74. The number of rotatable bonds is 4. The summed E-state index contributed by atoms with van der Waals surface area (Å²) in [6.07, 6.45) is 3.79. The molecule has 98 valence electrons. The predicted octanol–water partition coefficient (Wildman–Crippen LogP) is 2.19. The Morgan fingerprint density at radius 3 is 2.67 bits per heavy atom. The predicted molar refractivity (Wildman–Crippen MR) is 71.3 cm³/mol. The Bertz CT molecular complexity index is 458. The Kier molecular flexibility index (Phi) is 3.04. The Balaban J connectivity index is 2.10. The number of fused-ring (bicyclic) bond motifs is 5. The van der Waals surface area contributed by atoms with Gasteiger partial charge in [-0.3, -0.25) is 0 Å². The van der Waals surface area contributed by atoms with E-state index in [-0.39, 0.29) is 0 Å². The van der Waals surface area contributed by atoms with Crippen LogP contribution in [0.4, 0.5) is 0 Å². The van der Waals surface area contributed by atoms with Gasteiger partial charge in [0.15, 0.2) is 0 Å². The smallest absolute Gasteiger partial charge is 0.119 e. The zero-order valence-corrected chi connectivity index (χ0v) is 11.1. The van der Waals surface area contributed by atoms with E-state index in [1.807, 2.05) is 7.11 Å². The summed E-state index contributed by atoms with van der Waals surface area (Å²) in [7, 11) is 3.57. The van der Waals surface area contributed by atoms with Gasteiger partial charge in [0.25, 0.3) is 0 Å². The summed E-state index contributed by atoms with van der Waals surface area (Å²) < 4.78 is 11.1. The van der Waals surface area contributed by atoms with Crippen molar-refractivity contribution in [1.82, 2.24) is 0 Å². The average molecular weight is 247 g/mol. The monoisotopic (exact) mass is 247 g/mol. The Morgan fingerprint density at radius 2 is 2.00 bits per heavy atom. The van der Waals surface area contributed by atoms with Gasteiger partial charge in [0.05, 0.1) is 13.2 Å². The van der Waals surface area contributed by atoms with Gasteiger partial charge in [-0.05, 0) is 54.6 Å². The second-order valence-electron chi connectivity index (χ2n) is 5.32. The van der Waals surface area contributed by atoms with Crippen molar-refractivity contribution < 1.29 is 9.47 Å². The van der Waals surface area contributed by atoms with Gasteiger partial charge in [-0.2, -0.15) is 0 Å². The molecule has 1 fully saturated rings. The van der Waals surface area contributed by atoms with E-state index in [9.17, 15) is 0 Å². The topological polar surface area (TPSA) is 44.5 Å². The van der Waals surface area contributed by atoms with Crippen LogP contribution in [0, 0.1) is 0 Å². The summed E-state index contributed by atoms with van der Waals surface area (Å²) >= 11 is 0. The number of hydrogen-bond donors (Lipinski definition) is 1. The molecule has 0 aliphatic heterocycles. The van der Waals surface area contributed by atoms with Crippen LogP contribution in [0.15, 0.2) is 12.1 Å². The highest BCUT2D eigenvalue weighted by atomic mass is 16.5. The quantitative estimate of drug-likeness (QED) is 0.887. The molecule has 3 nitrogen and oxygen atoms in total. The highest BCUT2D eigenvalue weighted by Crippen LogP contribution is 2.56. The van der Waals surface area contributed by atoms with Crippen LogP contribution in [-0.4, -0.2) is 26.9 Å². The Morgan fingerprint density at radius 1 is 1.22 bits per heavy atom. The molecule has 3 heteroatoms. The van der Waals surface area contributed by atoms with Crippen LogP contribution in [-0.2, 0) is 11.2 Å². The third kappa shape index (κ3) is 1.57. The van der Waals surface area contributed by atoms with E-state index in [0.717, 1.165) is 12.2 Å². The van der Waals surface area contributed by atoms with Crippen molar-refractivity contribution in [1.29, 1.82) is 0 Å². The van der Waals surface area contributed by atoms with Crippen molar-refractivity contribution in [3.8, 4) is 5.75 Å². The zero-order chi connectivity index (χ0) is 12.7. The molecule has 0 spiro atoms. The molecule has 3 atom stereocenters. The molecule has 1 aromatic carbocycles. The molecule has 1 aromatic rings. The van der Waals surface area contributed by atoms with Crippen LogP contribution in [0.2, 0.25) is 0 Å². The minimum absolute atomic E-state index is 0.364. The second-order valence-corrected chi connectivity index (χ2v) is 5.32. The van der Waals surface area contributed by atoms with E-state index < -0.39 is 0 Å². The SMILES string of the molecule is COc1cc(CCN)c2c(c1)C1CCC2C1OC. The van der Waals surface area contributed by atoms with Crippen LogP contribution >= 0.6 is 0 Å². The fourth-order valence-electron chi connectivity index (χ4n) is 3.88. The van der Waals surface area contributed by atoms with Crippen LogP contribution in [0.1, 0.15) is 41.4 Å². The van der Waals surface area contributed by atoms with Gasteiger partial charge in [-0.25, -0.2) is 0 Å². The molecule has 2 bridgehead atoms. The number of benzene rings is 1. The molecule has 2 aliphatic carbocycles. The first-order valence-electron chi connectivity index (χ1n) is 6.73. The maximum Gasteiger partial charge on any atom is 0.119 e. The molecule has 0 saturated heterocycles. The van der Waals surface area contributed by atoms with Crippen LogP contribution in [0.25, 0.3) is 0 Å². The number of nitrogens with two attached hydrogens (primary N) is 1. The van der Waals surface area contributed by atoms with E-state index >= 15 is 0 Å². The largest absolute Gasteiger partial charge is 0.497 e. The summed E-state index contributed by atoms with van der Waals surface area (Å²) in [5.74, 6) is 2.09. The third-order valence-electron chi connectivity index (χ3n) is 4.54. The molecule has 18 heavy (non-hydrogen) atoms. The van der Waals surface area contributed by atoms with Gasteiger partial charge in [-0.1, -0.05) is 0 Å². The number of methoxy groups -OCH3 is 2. The van der Waals surface area contributed by atoms with E-state index in [1.165, 1.54) is 29.5 Å². The Hall–Kier alpha value is -1.06. The van der Waals surface area contributed by atoms with Crippen molar-refractivity contribution in [2.75, 3.05) is 20.8 Å². The molecule has 2 N–H and O–H groups in total. The number of ether oxygens (including phenoxy) is 2. The summed E-state index contributed by atoms with van der Waals surface area (Å²) in [4.78, 5) is 0. The second kappa shape index (κ2) is 4.56. The van der Waals surface area contributed by atoms with Crippen LogP contribution in [0.3, 0.4) is 0 Å². The lowest BCUT2D eigenvalue weighted by molar-refractivity contribution is 0.0909. The fourth-order valence-corrected chi connectivity index (χ4v) is 3.88. The van der Waals surface area contributed by atoms with Gasteiger partial charge in [0.1, 0.15) is 5.75 Å². The molecular formula is C15H21NO2. The van der Waals surface area contributed by atoms with Crippen LogP contribution < -0.4 is 10.5 Å². The summed E-state index contributed by atoms with van der Waals surface area (Å²) in [5.41, 5.74) is 10.1. The molecule has 0 aromatic heterocycles.